The number of aromatic nitrogens is 1. The molecule has 1 heterocycles. The molecule has 0 aliphatic rings. The van der Waals surface area contributed by atoms with Gasteiger partial charge in [-0.1, -0.05) is 0 Å². The fourth-order valence-corrected chi connectivity index (χ4v) is 0.901. The highest BCUT2D eigenvalue weighted by molar-refractivity contribution is 5.76. The van der Waals surface area contributed by atoms with E-state index >= 15 is 0 Å². The van der Waals surface area contributed by atoms with E-state index in [0.717, 1.165) is 0 Å². The first-order valence-corrected chi connectivity index (χ1v) is 4.13. The SMILES string of the molecule is COc1ccnc(N[C@@H](C)C(=O)O)c1. The quantitative estimate of drug-likeness (QED) is 0.750. The molecule has 0 fully saturated rings. The molecule has 0 aromatic carbocycles. The van der Waals surface area contributed by atoms with Crippen LogP contribution in [0.25, 0.3) is 0 Å². The number of carboxylic acid groups (broad SMARTS) is 1. The van der Waals surface area contributed by atoms with Crippen LogP contribution in [0.4, 0.5) is 5.82 Å². The first-order valence-electron chi connectivity index (χ1n) is 4.13. The minimum absolute atomic E-state index is 0.485. The number of anilines is 1. The molecule has 1 aromatic heterocycles. The number of carboxylic acids is 1. The van der Waals surface area contributed by atoms with Crippen molar-refractivity contribution in [1.82, 2.24) is 4.98 Å². The van der Waals surface area contributed by atoms with E-state index in [-0.39, 0.29) is 0 Å². The van der Waals surface area contributed by atoms with Crippen LogP contribution >= 0.6 is 0 Å². The molecule has 0 saturated heterocycles. The van der Waals surface area contributed by atoms with Gasteiger partial charge in [-0.25, -0.2) is 4.98 Å². The Kier molecular flexibility index (Phi) is 3.28. The van der Waals surface area contributed by atoms with E-state index in [1.165, 1.54) is 0 Å². The predicted octanol–water partition coefficient (Wildman–Crippen LogP) is 0.975. The van der Waals surface area contributed by atoms with Crippen molar-refractivity contribution in [3.05, 3.63) is 18.3 Å². The number of aliphatic carboxylic acids is 1. The van der Waals surface area contributed by atoms with Gasteiger partial charge in [0.2, 0.25) is 0 Å². The maximum Gasteiger partial charge on any atom is 0.325 e. The van der Waals surface area contributed by atoms with Gasteiger partial charge >= 0.3 is 5.97 Å². The first kappa shape index (κ1) is 10.3. The highest BCUT2D eigenvalue weighted by Gasteiger charge is 2.10. The Labute approximate surface area is 81.7 Å². The highest BCUT2D eigenvalue weighted by Crippen LogP contribution is 2.14. The molecule has 5 nitrogen and oxygen atoms in total. The van der Waals surface area contributed by atoms with Crippen molar-refractivity contribution in [1.29, 1.82) is 0 Å². The molecule has 0 aliphatic carbocycles. The van der Waals surface area contributed by atoms with Crippen LogP contribution in [0.5, 0.6) is 5.75 Å². The normalized spacial score (nSPS) is 11.9. The summed E-state index contributed by atoms with van der Waals surface area (Å²) in [6.45, 7) is 1.55. The number of methoxy groups -OCH3 is 1. The molecule has 0 saturated carbocycles. The second-order valence-electron chi connectivity index (χ2n) is 2.79. The lowest BCUT2D eigenvalue weighted by Gasteiger charge is -2.10. The van der Waals surface area contributed by atoms with Crippen molar-refractivity contribution in [2.24, 2.45) is 0 Å². The molecular formula is C9H12N2O3. The summed E-state index contributed by atoms with van der Waals surface area (Å²) in [5, 5.41) is 11.4. The molecular weight excluding hydrogens is 184 g/mol. The molecule has 0 aliphatic heterocycles. The Morgan fingerprint density at radius 3 is 3.00 bits per heavy atom. The number of hydrogen-bond donors (Lipinski definition) is 2. The van der Waals surface area contributed by atoms with Crippen LogP contribution < -0.4 is 10.1 Å². The average molecular weight is 196 g/mol. The lowest BCUT2D eigenvalue weighted by Crippen LogP contribution is -2.25. The van der Waals surface area contributed by atoms with Gasteiger partial charge in [0, 0.05) is 12.3 Å². The van der Waals surface area contributed by atoms with E-state index in [4.69, 9.17) is 9.84 Å². The van der Waals surface area contributed by atoms with Crippen LogP contribution in [0.2, 0.25) is 0 Å². The van der Waals surface area contributed by atoms with Crippen molar-refractivity contribution >= 4 is 11.8 Å². The molecule has 2 N–H and O–H groups in total. The number of rotatable bonds is 4. The van der Waals surface area contributed by atoms with Gasteiger partial charge in [-0.2, -0.15) is 0 Å². The summed E-state index contributed by atoms with van der Waals surface area (Å²) in [4.78, 5) is 14.5. The number of hydrogen-bond acceptors (Lipinski definition) is 4. The molecule has 0 bridgehead atoms. The van der Waals surface area contributed by atoms with Gasteiger partial charge in [0.25, 0.3) is 0 Å². The summed E-state index contributed by atoms with van der Waals surface area (Å²) in [6.07, 6.45) is 1.55. The van der Waals surface area contributed by atoms with Crippen LogP contribution in [0.1, 0.15) is 6.92 Å². The van der Waals surface area contributed by atoms with E-state index in [1.54, 1.807) is 32.4 Å². The molecule has 0 radical (unpaired) electrons. The maximum atomic E-state index is 10.5. The molecule has 1 aromatic rings. The minimum Gasteiger partial charge on any atom is -0.497 e. The fourth-order valence-electron chi connectivity index (χ4n) is 0.901. The van der Waals surface area contributed by atoms with Crippen molar-refractivity contribution < 1.29 is 14.6 Å². The summed E-state index contributed by atoms with van der Waals surface area (Å²) in [5.41, 5.74) is 0. The monoisotopic (exact) mass is 196 g/mol. The van der Waals surface area contributed by atoms with Crippen LogP contribution in [0, 0.1) is 0 Å². The molecule has 76 valence electrons. The molecule has 0 spiro atoms. The topological polar surface area (TPSA) is 71.5 Å². The van der Waals surface area contributed by atoms with E-state index < -0.39 is 12.0 Å². The third-order valence-electron chi connectivity index (χ3n) is 1.70. The largest absolute Gasteiger partial charge is 0.497 e. The summed E-state index contributed by atoms with van der Waals surface area (Å²) >= 11 is 0. The van der Waals surface area contributed by atoms with Crippen molar-refractivity contribution in [2.75, 3.05) is 12.4 Å². The highest BCUT2D eigenvalue weighted by atomic mass is 16.5. The molecule has 0 amide bonds. The Balaban J connectivity index is 2.71. The second kappa shape index (κ2) is 4.45. The van der Waals surface area contributed by atoms with Crippen LogP contribution in [0.3, 0.4) is 0 Å². The van der Waals surface area contributed by atoms with Gasteiger partial charge < -0.3 is 15.2 Å². The Hall–Kier alpha value is -1.78. The zero-order valence-corrected chi connectivity index (χ0v) is 8.02. The third-order valence-corrected chi connectivity index (χ3v) is 1.70. The summed E-state index contributed by atoms with van der Waals surface area (Å²) in [7, 11) is 1.54. The summed E-state index contributed by atoms with van der Waals surface area (Å²) in [5.74, 6) is 0.203. The number of carbonyl (C=O) groups is 1. The maximum absolute atomic E-state index is 10.5. The Bertz CT molecular complexity index is 328. The third kappa shape index (κ3) is 2.62. The van der Waals surface area contributed by atoms with Crippen LogP contribution in [-0.2, 0) is 4.79 Å². The zero-order chi connectivity index (χ0) is 10.6. The number of ether oxygens (including phenoxy) is 1. The van der Waals surface area contributed by atoms with E-state index in [0.29, 0.717) is 11.6 Å². The Morgan fingerprint density at radius 1 is 1.71 bits per heavy atom. The number of nitrogens with zero attached hydrogens (tertiary/aromatic N) is 1. The van der Waals surface area contributed by atoms with Gasteiger partial charge in [0.15, 0.2) is 0 Å². The molecule has 14 heavy (non-hydrogen) atoms. The van der Waals surface area contributed by atoms with E-state index in [1.807, 2.05) is 0 Å². The van der Waals surface area contributed by atoms with Gasteiger partial charge in [-0.15, -0.1) is 0 Å². The predicted molar refractivity (Wildman–Crippen MR) is 51.5 cm³/mol. The fraction of sp³-hybridized carbons (Fsp3) is 0.333. The number of nitrogens with one attached hydrogen (secondary N) is 1. The molecule has 5 heteroatoms. The van der Waals surface area contributed by atoms with Crippen molar-refractivity contribution in [3.8, 4) is 5.75 Å². The minimum atomic E-state index is -0.922. The smallest absolute Gasteiger partial charge is 0.325 e. The van der Waals surface area contributed by atoms with Crippen molar-refractivity contribution in [2.45, 2.75) is 13.0 Å². The van der Waals surface area contributed by atoms with Gasteiger partial charge in [-0.3, -0.25) is 4.79 Å². The van der Waals surface area contributed by atoms with E-state index in [9.17, 15) is 4.79 Å². The Morgan fingerprint density at radius 2 is 2.43 bits per heavy atom. The first-order chi connectivity index (χ1) is 6.63. The second-order valence-corrected chi connectivity index (χ2v) is 2.79. The van der Waals surface area contributed by atoms with E-state index in [2.05, 4.69) is 10.3 Å². The molecule has 0 unspecified atom stereocenters. The van der Waals surface area contributed by atoms with Gasteiger partial charge in [0.1, 0.15) is 17.6 Å². The van der Waals surface area contributed by atoms with Crippen LogP contribution in [0.15, 0.2) is 18.3 Å². The molecule has 1 atom stereocenters. The molecule has 1 rings (SSSR count). The lowest BCUT2D eigenvalue weighted by atomic mass is 10.3. The van der Waals surface area contributed by atoms with Crippen LogP contribution in [-0.4, -0.2) is 29.2 Å². The average Bonchev–Trinajstić information content (AvgIpc) is 2.18. The van der Waals surface area contributed by atoms with Crippen molar-refractivity contribution in [3.63, 3.8) is 0 Å². The zero-order valence-electron chi connectivity index (χ0n) is 8.02. The summed E-state index contributed by atoms with van der Waals surface area (Å²) in [6, 6.07) is 2.66. The lowest BCUT2D eigenvalue weighted by molar-refractivity contribution is -0.137. The van der Waals surface area contributed by atoms with Gasteiger partial charge in [-0.05, 0) is 13.0 Å². The number of pyridine rings is 1. The van der Waals surface area contributed by atoms with Gasteiger partial charge in [0.05, 0.1) is 7.11 Å². The standard InChI is InChI=1S/C9H12N2O3/c1-6(9(12)13)11-8-5-7(14-2)3-4-10-8/h3-6H,1-2H3,(H,10,11)(H,12,13)/t6-/m0/s1. The summed E-state index contributed by atoms with van der Waals surface area (Å²) < 4.78 is 4.97.